The van der Waals surface area contributed by atoms with Crippen molar-refractivity contribution in [2.24, 2.45) is 5.92 Å². The smallest absolute Gasteiger partial charge is 0.411 e. The number of hydrogen-bond donors (Lipinski definition) is 2. The maximum absolute atomic E-state index is 15.2. The average Bonchev–Trinajstić information content (AvgIpc) is 3.48. The van der Waals surface area contributed by atoms with Crippen LogP contribution in [0.3, 0.4) is 0 Å². The fourth-order valence-corrected chi connectivity index (χ4v) is 11.4. The van der Waals surface area contributed by atoms with E-state index >= 15 is 4.39 Å². The standard InChI is InChI=1S/C60H70F3N9O8/c1-60(2,3)80-59(79)72(36-44-19-20-45(61)34-50(44)63)38-53(74)71-22-10-15-43(35-71)41-13-9-14-42(33-41)55(75)64-54(40-11-5-4-6-12-40)58(78)70-25-23-67(24-26-70)37-52(73)68-27-29-69(30-28-68)57(77)48-31-39(18-21-49(48)62)32-51-46-16-7-8-17-47(46)56(76)66-65-51/h7-9,13-14,16-21,31,33-34,40,43,54H,4-6,10-12,15,22-30,32,35-38H2,1-3H3,(H,64,75)(H,66,76)/t43?,54-/m1/s1. The number of nitrogens with one attached hydrogen (secondary N) is 2. The number of rotatable bonds is 14. The molecule has 17 nitrogen and oxygen atoms in total. The molecule has 3 saturated heterocycles. The van der Waals surface area contributed by atoms with Crippen molar-refractivity contribution in [2.45, 2.75) is 96.2 Å². The van der Waals surface area contributed by atoms with Crippen LogP contribution >= 0.6 is 0 Å². The van der Waals surface area contributed by atoms with Gasteiger partial charge in [-0.2, -0.15) is 5.10 Å². The first-order chi connectivity index (χ1) is 38.4. The minimum Gasteiger partial charge on any atom is -0.444 e. The first-order valence-corrected chi connectivity index (χ1v) is 27.8. The third-order valence-electron chi connectivity index (χ3n) is 15.8. The van der Waals surface area contributed by atoms with E-state index in [9.17, 15) is 42.3 Å². The molecule has 0 bridgehead atoms. The maximum atomic E-state index is 15.2. The van der Waals surface area contributed by atoms with E-state index in [0.717, 1.165) is 61.1 Å². The molecule has 9 rings (SSSR count). The lowest BCUT2D eigenvalue weighted by molar-refractivity contribution is -0.138. The lowest BCUT2D eigenvalue weighted by atomic mass is 9.83. The summed E-state index contributed by atoms with van der Waals surface area (Å²) in [6, 6.07) is 21.0. The predicted molar refractivity (Wildman–Crippen MR) is 293 cm³/mol. The number of likely N-dealkylation sites (tertiary alicyclic amines) is 1. The number of ether oxygens (including phenoxy) is 1. The van der Waals surface area contributed by atoms with Gasteiger partial charge in [0.15, 0.2) is 0 Å². The Bertz CT molecular complexity index is 3160. The van der Waals surface area contributed by atoms with Crippen LogP contribution in [0.1, 0.15) is 115 Å². The van der Waals surface area contributed by atoms with Crippen LogP contribution in [0.25, 0.3) is 10.8 Å². The highest BCUT2D eigenvalue weighted by Crippen LogP contribution is 2.31. The first kappa shape index (κ1) is 57.1. The summed E-state index contributed by atoms with van der Waals surface area (Å²) in [6.45, 7) is 7.91. The molecule has 0 radical (unpaired) electrons. The number of aromatic amines is 1. The summed E-state index contributed by atoms with van der Waals surface area (Å²) < 4.78 is 49.2. The van der Waals surface area contributed by atoms with Gasteiger partial charge in [0.1, 0.15) is 35.6 Å². The highest BCUT2D eigenvalue weighted by Gasteiger charge is 2.37. The van der Waals surface area contributed by atoms with Crippen molar-refractivity contribution in [1.29, 1.82) is 0 Å². The molecular formula is C60H70F3N9O8. The minimum absolute atomic E-state index is 0.0340. The van der Waals surface area contributed by atoms with Gasteiger partial charge in [0, 0.05) is 100 Å². The van der Waals surface area contributed by atoms with Crippen molar-refractivity contribution in [2.75, 3.05) is 78.5 Å². The number of hydrogen-bond acceptors (Lipinski definition) is 10. The molecule has 4 fully saturated rings. The van der Waals surface area contributed by atoms with E-state index in [0.29, 0.717) is 73.3 Å². The van der Waals surface area contributed by atoms with E-state index in [1.165, 1.54) is 18.2 Å². The summed E-state index contributed by atoms with van der Waals surface area (Å²) in [4.78, 5) is 105. The van der Waals surface area contributed by atoms with E-state index < -0.39 is 47.6 Å². The molecule has 20 heteroatoms. The van der Waals surface area contributed by atoms with Crippen LogP contribution in [0, 0.1) is 23.4 Å². The molecule has 1 aliphatic carbocycles. The van der Waals surface area contributed by atoms with Gasteiger partial charge in [0.05, 0.1) is 29.7 Å². The number of fused-ring (bicyclic) bond motifs is 1. The summed E-state index contributed by atoms with van der Waals surface area (Å²) in [6.07, 6.45) is 5.42. The number of nitrogens with zero attached hydrogens (tertiary/aromatic N) is 7. The Morgan fingerprint density at radius 2 is 1.44 bits per heavy atom. The average molecular weight is 1100 g/mol. The number of piperazine rings is 2. The van der Waals surface area contributed by atoms with Crippen molar-refractivity contribution in [1.82, 2.24) is 44.9 Å². The highest BCUT2D eigenvalue weighted by atomic mass is 19.1. The Hall–Kier alpha value is -7.61. The number of H-pyrrole nitrogens is 1. The van der Waals surface area contributed by atoms with Crippen molar-refractivity contribution in [3.63, 3.8) is 0 Å². The zero-order valence-corrected chi connectivity index (χ0v) is 45.7. The lowest BCUT2D eigenvalue weighted by Gasteiger charge is -2.40. The van der Waals surface area contributed by atoms with Gasteiger partial charge in [0.25, 0.3) is 17.4 Å². The molecule has 80 heavy (non-hydrogen) atoms. The fraction of sp³-hybridized carbons (Fsp3) is 0.467. The highest BCUT2D eigenvalue weighted by molar-refractivity contribution is 5.98. The number of aromatic nitrogens is 2. The molecule has 3 aliphatic heterocycles. The van der Waals surface area contributed by atoms with Crippen LogP contribution in [0.2, 0.25) is 0 Å². The van der Waals surface area contributed by atoms with Crippen LogP contribution < -0.4 is 10.9 Å². The molecule has 4 aliphatic rings. The van der Waals surface area contributed by atoms with Gasteiger partial charge in [-0.15, -0.1) is 0 Å². The number of benzene rings is 4. The molecule has 4 aromatic carbocycles. The Labute approximate surface area is 463 Å². The molecule has 2 N–H and O–H groups in total. The molecule has 1 unspecified atom stereocenters. The molecule has 424 valence electrons. The van der Waals surface area contributed by atoms with E-state index in [1.807, 2.05) is 23.1 Å². The number of carbonyl (C=O) groups excluding carboxylic acids is 6. The Morgan fingerprint density at radius 1 is 0.725 bits per heavy atom. The predicted octanol–water partition coefficient (Wildman–Crippen LogP) is 6.88. The summed E-state index contributed by atoms with van der Waals surface area (Å²) in [5.41, 5.74) is 1.24. The van der Waals surface area contributed by atoms with Crippen molar-refractivity contribution < 1.29 is 46.7 Å². The summed E-state index contributed by atoms with van der Waals surface area (Å²) >= 11 is 0. The minimum atomic E-state index is -0.891. The molecule has 0 spiro atoms. The quantitative estimate of drug-likeness (QED) is 0.119. The second-order valence-electron chi connectivity index (χ2n) is 22.5. The third kappa shape index (κ3) is 14.0. The van der Waals surface area contributed by atoms with Gasteiger partial charge in [-0.1, -0.05) is 61.7 Å². The monoisotopic (exact) mass is 1100 g/mol. The molecule has 6 amide bonds. The number of halogens is 3. The van der Waals surface area contributed by atoms with Gasteiger partial charge in [-0.3, -0.25) is 38.6 Å². The van der Waals surface area contributed by atoms with Crippen molar-refractivity contribution in [3.8, 4) is 0 Å². The van der Waals surface area contributed by atoms with E-state index in [2.05, 4.69) is 15.5 Å². The maximum Gasteiger partial charge on any atom is 0.411 e. The number of piperidine rings is 1. The van der Waals surface area contributed by atoms with Gasteiger partial charge < -0.3 is 29.7 Å². The summed E-state index contributed by atoms with van der Waals surface area (Å²) in [5, 5.41) is 11.0. The number of carbonyl (C=O) groups is 6. The van der Waals surface area contributed by atoms with E-state index in [-0.39, 0.29) is 97.8 Å². The van der Waals surface area contributed by atoms with Crippen LogP contribution in [0.5, 0.6) is 0 Å². The van der Waals surface area contributed by atoms with E-state index in [1.54, 1.807) is 76.8 Å². The molecular weight excluding hydrogens is 1030 g/mol. The molecule has 2 atom stereocenters. The fourth-order valence-electron chi connectivity index (χ4n) is 11.4. The van der Waals surface area contributed by atoms with Crippen molar-refractivity contribution in [3.05, 3.63) is 146 Å². The normalized spacial score (nSPS) is 17.9. The topological polar surface area (TPSA) is 189 Å². The van der Waals surface area contributed by atoms with Gasteiger partial charge >= 0.3 is 6.09 Å². The zero-order valence-electron chi connectivity index (χ0n) is 45.7. The van der Waals surface area contributed by atoms with Crippen LogP contribution in [-0.4, -0.2) is 165 Å². The molecule has 4 heterocycles. The van der Waals surface area contributed by atoms with Gasteiger partial charge in [0.2, 0.25) is 17.7 Å². The van der Waals surface area contributed by atoms with Crippen molar-refractivity contribution >= 4 is 46.4 Å². The SMILES string of the molecule is CC(C)(C)OC(=O)N(CC(=O)N1CCCC(c2cccc(C(=O)N[C@@H](C(=O)N3CCN(CC(=O)N4CCN(C(=O)c5cc(Cc6n[nH]c(=O)c7ccccc67)ccc5F)CC4)CC3)C3CCCCC3)c2)C1)Cc1ccc(F)cc1F. The summed E-state index contributed by atoms with van der Waals surface area (Å²) in [5.74, 6) is -3.92. The molecule has 1 saturated carbocycles. The number of amides is 6. The zero-order chi connectivity index (χ0) is 56.7. The molecule has 5 aromatic rings. The van der Waals surface area contributed by atoms with Crippen LogP contribution in [0.4, 0.5) is 18.0 Å². The second-order valence-corrected chi connectivity index (χ2v) is 22.5. The second kappa shape index (κ2) is 25.2. The van der Waals surface area contributed by atoms with Gasteiger partial charge in [-0.25, -0.2) is 23.1 Å². The Balaban J connectivity index is 0.767. The largest absolute Gasteiger partial charge is 0.444 e. The lowest BCUT2D eigenvalue weighted by Crippen LogP contribution is -2.58. The third-order valence-corrected chi connectivity index (χ3v) is 15.8. The van der Waals surface area contributed by atoms with Gasteiger partial charge in [-0.05, 0) is 99.9 Å². The summed E-state index contributed by atoms with van der Waals surface area (Å²) in [7, 11) is 0. The van der Waals surface area contributed by atoms with E-state index in [4.69, 9.17) is 4.74 Å². The van der Waals surface area contributed by atoms with Crippen LogP contribution in [-0.2, 0) is 32.1 Å². The Morgan fingerprint density at radius 3 is 2.16 bits per heavy atom. The van der Waals surface area contributed by atoms with Crippen LogP contribution in [0.15, 0.2) is 89.7 Å². The Kier molecular flexibility index (Phi) is 18.0. The molecule has 1 aromatic heterocycles. The first-order valence-electron chi connectivity index (χ1n) is 27.8.